The van der Waals surface area contributed by atoms with Gasteiger partial charge in [-0.3, -0.25) is 9.78 Å². The van der Waals surface area contributed by atoms with Gasteiger partial charge in [0.1, 0.15) is 5.15 Å². The molecule has 16 heavy (non-hydrogen) atoms. The fraction of sp³-hybridized carbons (Fsp3) is 0.500. The molecule has 86 valence electrons. The van der Waals surface area contributed by atoms with Gasteiger partial charge in [0.2, 0.25) is 5.91 Å². The highest BCUT2D eigenvalue weighted by Crippen LogP contribution is 2.38. The van der Waals surface area contributed by atoms with Gasteiger partial charge in [0.05, 0.1) is 17.1 Å². The highest BCUT2D eigenvalue weighted by Gasteiger charge is 2.37. The van der Waals surface area contributed by atoms with Crippen LogP contribution in [0.3, 0.4) is 0 Å². The zero-order valence-electron chi connectivity index (χ0n) is 8.86. The number of carbonyl (C=O) groups excluding carboxylic acids is 1. The van der Waals surface area contributed by atoms with Crippen LogP contribution < -0.4 is 5.32 Å². The third-order valence-corrected chi connectivity index (χ3v) is 4.25. The Hall–Kier alpha value is -0.810. The monoisotopic (exact) mass is 257 g/mol. The minimum Gasteiger partial charge on any atom is -0.308 e. The van der Waals surface area contributed by atoms with Crippen molar-refractivity contribution in [3.05, 3.63) is 17.5 Å². The molecule has 1 amide bonds. The molecule has 1 atom stereocenters. The van der Waals surface area contributed by atoms with Crippen molar-refractivity contribution >= 4 is 35.1 Å². The summed E-state index contributed by atoms with van der Waals surface area (Å²) in [6, 6.07) is 0. The molecule has 1 fully saturated rings. The van der Waals surface area contributed by atoms with E-state index in [1.54, 1.807) is 11.8 Å². The minimum atomic E-state index is -0.343. The molecule has 2 heterocycles. The average molecular weight is 258 g/mol. The first-order chi connectivity index (χ1) is 7.60. The van der Waals surface area contributed by atoms with Crippen LogP contribution in [0, 0.1) is 0 Å². The lowest BCUT2D eigenvalue weighted by molar-refractivity contribution is -0.118. The van der Waals surface area contributed by atoms with E-state index in [0.717, 1.165) is 18.6 Å². The minimum absolute atomic E-state index is 0.0217. The number of nitrogens with zero attached hydrogens (tertiary/aromatic N) is 2. The van der Waals surface area contributed by atoms with Gasteiger partial charge in [-0.25, -0.2) is 4.98 Å². The van der Waals surface area contributed by atoms with Crippen LogP contribution in [-0.4, -0.2) is 26.4 Å². The summed E-state index contributed by atoms with van der Waals surface area (Å²) >= 11 is 7.38. The van der Waals surface area contributed by atoms with Gasteiger partial charge in [-0.2, -0.15) is 0 Å². The predicted molar refractivity (Wildman–Crippen MR) is 65.8 cm³/mol. The molecule has 1 saturated heterocycles. The Morgan fingerprint density at radius 2 is 2.44 bits per heavy atom. The number of amides is 1. The van der Waals surface area contributed by atoms with Crippen LogP contribution in [0.5, 0.6) is 0 Å². The number of carbonyl (C=O) groups is 1. The molecule has 2 rings (SSSR count). The van der Waals surface area contributed by atoms with Crippen molar-refractivity contribution in [1.82, 2.24) is 9.97 Å². The third kappa shape index (κ3) is 2.47. The van der Waals surface area contributed by atoms with Gasteiger partial charge < -0.3 is 5.32 Å². The molecule has 1 aliphatic rings. The van der Waals surface area contributed by atoms with Crippen LogP contribution >= 0.6 is 23.4 Å². The first-order valence-electron chi connectivity index (χ1n) is 5.03. The molecule has 0 aliphatic carbocycles. The topological polar surface area (TPSA) is 54.9 Å². The Bertz CT molecular complexity index is 407. The Labute approximate surface area is 103 Å². The summed E-state index contributed by atoms with van der Waals surface area (Å²) in [5.74, 6) is 1.42. The molecule has 1 N–H and O–H groups in total. The molecule has 1 aromatic heterocycles. The molecule has 0 saturated carbocycles. The molecule has 0 aromatic carbocycles. The molecule has 0 radical (unpaired) electrons. The number of aromatic nitrogens is 2. The quantitative estimate of drug-likeness (QED) is 0.884. The average Bonchev–Trinajstić information content (AvgIpc) is 2.66. The van der Waals surface area contributed by atoms with Crippen molar-refractivity contribution in [3.8, 4) is 0 Å². The number of anilines is 1. The maximum Gasteiger partial charge on any atom is 0.241 e. The normalized spacial score (nSPS) is 24.4. The first-order valence-corrected chi connectivity index (χ1v) is 6.39. The Kier molecular flexibility index (Phi) is 3.35. The van der Waals surface area contributed by atoms with Crippen molar-refractivity contribution in [2.75, 3.05) is 11.1 Å². The van der Waals surface area contributed by atoms with E-state index in [4.69, 9.17) is 11.6 Å². The van der Waals surface area contributed by atoms with Crippen molar-refractivity contribution in [1.29, 1.82) is 0 Å². The van der Waals surface area contributed by atoms with Crippen LogP contribution in [-0.2, 0) is 4.79 Å². The predicted octanol–water partition coefficient (Wildman–Crippen LogP) is 2.35. The van der Waals surface area contributed by atoms with E-state index in [-0.39, 0.29) is 15.8 Å². The summed E-state index contributed by atoms with van der Waals surface area (Å²) in [5.41, 5.74) is 0. The van der Waals surface area contributed by atoms with Gasteiger partial charge in [-0.1, -0.05) is 11.6 Å². The van der Waals surface area contributed by atoms with Crippen LogP contribution in [0.25, 0.3) is 0 Å². The second kappa shape index (κ2) is 4.59. The largest absolute Gasteiger partial charge is 0.308 e. The fourth-order valence-electron chi connectivity index (χ4n) is 1.61. The van der Waals surface area contributed by atoms with E-state index in [0.29, 0.717) is 5.82 Å². The Morgan fingerprint density at radius 3 is 3.06 bits per heavy atom. The molecular formula is C10H12ClN3OS. The number of thioether (sulfide) groups is 1. The van der Waals surface area contributed by atoms with E-state index >= 15 is 0 Å². The highest BCUT2D eigenvalue weighted by molar-refractivity contribution is 8.01. The zero-order valence-corrected chi connectivity index (χ0v) is 10.4. The molecule has 1 unspecified atom stereocenters. The van der Waals surface area contributed by atoms with Crippen LogP contribution in [0.1, 0.15) is 19.8 Å². The first kappa shape index (κ1) is 11.7. The second-order valence-corrected chi connectivity index (χ2v) is 5.85. The highest BCUT2D eigenvalue weighted by atomic mass is 35.5. The van der Waals surface area contributed by atoms with Gasteiger partial charge in [0.25, 0.3) is 0 Å². The smallest absolute Gasteiger partial charge is 0.241 e. The summed E-state index contributed by atoms with van der Waals surface area (Å²) in [4.78, 5) is 19.9. The van der Waals surface area contributed by atoms with Gasteiger partial charge in [0, 0.05) is 0 Å². The van der Waals surface area contributed by atoms with E-state index in [9.17, 15) is 4.79 Å². The van der Waals surface area contributed by atoms with Crippen molar-refractivity contribution in [2.24, 2.45) is 0 Å². The molecule has 1 aliphatic heterocycles. The molecule has 4 nitrogen and oxygen atoms in total. The van der Waals surface area contributed by atoms with Gasteiger partial charge in [-0.05, 0) is 25.5 Å². The van der Waals surface area contributed by atoms with Crippen LogP contribution in [0.2, 0.25) is 5.15 Å². The number of hydrogen-bond acceptors (Lipinski definition) is 4. The summed E-state index contributed by atoms with van der Waals surface area (Å²) in [6.45, 7) is 1.96. The Morgan fingerprint density at radius 1 is 1.62 bits per heavy atom. The van der Waals surface area contributed by atoms with E-state index in [2.05, 4.69) is 15.3 Å². The fourth-order valence-corrected chi connectivity index (χ4v) is 2.97. The van der Waals surface area contributed by atoms with Gasteiger partial charge in [0.15, 0.2) is 5.82 Å². The lowest BCUT2D eigenvalue weighted by atomic mass is 10.1. The maximum atomic E-state index is 12.0. The molecule has 6 heteroatoms. The van der Waals surface area contributed by atoms with Crippen LogP contribution in [0.15, 0.2) is 12.4 Å². The number of hydrogen-bond donors (Lipinski definition) is 1. The molecular weight excluding hydrogens is 246 g/mol. The lowest BCUT2D eigenvalue weighted by Gasteiger charge is -2.20. The van der Waals surface area contributed by atoms with E-state index in [1.165, 1.54) is 12.4 Å². The van der Waals surface area contributed by atoms with Crippen LogP contribution in [0.4, 0.5) is 5.82 Å². The second-order valence-electron chi connectivity index (χ2n) is 3.86. The van der Waals surface area contributed by atoms with Gasteiger partial charge in [-0.15, -0.1) is 11.8 Å². The van der Waals surface area contributed by atoms with Crippen molar-refractivity contribution in [2.45, 2.75) is 24.5 Å². The standard InChI is InChI=1S/C10H12ClN3OS/c1-10(3-2-4-16-10)9(15)14-8-6-12-5-7(11)13-8/h5-6H,2-4H2,1H3,(H,13,14,15). The number of halogens is 1. The van der Waals surface area contributed by atoms with E-state index in [1.807, 2.05) is 6.92 Å². The van der Waals surface area contributed by atoms with Crippen molar-refractivity contribution < 1.29 is 4.79 Å². The molecule has 1 aromatic rings. The summed E-state index contributed by atoms with van der Waals surface area (Å²) in [6.07, 6.45) is 4.91. The summed E-state index contributed by atoms with van der Waals surface area (Å²) < 4.78 is -0.343. The van der Waals surface area contributed by atoms with E-state index < -0.39 is 0 Å². The zero-order chi connectivity index (χ0) is 11.6. The number of rotatable bonds is 2. The molecule has 0 bridgehead atoms. The maximum absolute atomic E-state index is 12.0. The molecule has 0 spiro atoms. The Balaban J connectivity index is 2.07. The van der Waals surface area contributed by atoms with Gasteiger partial charge >= 0.3 is 0 Å². The third-order valence-electron chi connectivity index (χ3n) is 2.55. The van der Waals surface area contributed by atoms with Crippen molar-refractivity contribution in [3.63, 3.8) is 0 Å². The summed E-state index contributed by atoms with van der Waals surface area (Å²) in [5, 5.41) is 3.03. The lowest BCUT2D eigenvalue weighted by Crippen LogP contribution is -2.34. The SMILES string of the molecule is CC1(C(=O)Nc2cncc(Cl)n2)CCCS1. The summed E-state index contributed by atoms with van der Waals surface area (Å²) in [7, 11) is 0. The number of nitrogens with one attached hydrogen (secondary N) is 1.